The molecule has 0 bridgehead atoms. The summed E-state index contributed by atoms with van der Waals surface area (Å²) >= 11 is 0. The standard InChI is InChI=1S/C27H33N2O4.F6P/c1-6-32-25(30)18-29(19-26(31)33-7-2)21-15-12-20(13-16-21)14-17-24-27(3,4)22-10-8-9-11-23(22)28(24)5;1-7(2,3,4,5)6/h8-17H,6-7,18-19H2,1-5H3;/q+1;-1. The molecule has 0 saturated carbocycles. The molecule has 6 nitrogen and oxygen atoms in total. The summed E-state index contributed by atoms with van der Waals surface area (Å²) in [4.78, 5) is 25.7. The molecule has 2 aromatic rings. The molecule has 1 aliphatic heterocycles. The van der Waals surface area contributed by atoms with Gasteiger partial charge in [0, 0.05) is 23.4 Å². The van der Waals surface area contributed by atoms with E-state index in [0.717, 1.165) is 11.3 Å². The van der Waals surface area contributed by atoms with Crippen molar-refractivity contribution in [3.05, 3.63) is 65.7 Å². The Morgan fingerprint density at radius 2 is 1.32 bits per heavy atom. The van der Waals surface area contributed by atoms with E-state index in [1.807, 2.05) is 24.3 Å². The first kappa shape index (κ1) is 32.8. The number of rotatable bonds is 9. The van der Waals surface area contributed by atoms with Gasteiger partial charge in [-0.2, -0.15) is 4.58 Å². The molecular weight excluding hydrogens is 561 g/mol. The monoisotopic (exact) mass is 594 g/mol. The molecule has 222 valence electrons. The molecule has 0 amide bonds. The number of para-hydroxylation sites is 1. The summed E-state index contributed by atoms with van der Waals surface area (Å²) in [5, 5.41) is 0. The third-order valence-electron chi connectivity index (χ3n) is 5.88. The Bertz CT molecular complexity index is 1260. The zero-order valence-electron chi connectivity index (χ0n) is 22.8. The van der Waals surface area contributed by atoms with E-state index in [1.165, 1.54) is 17.0 Å². The van der Waals surface area contributed by atoms with Crippen molar-refractivity contribution in [3.63, 3.8) is 0 Å². The van der Waals surface area contributed by atoms with Crippen LogP contribution in [0.4, 0.5) is 36.6 Å². The van der Waals surface area contributed by atoms with Gasteiger partial charge in [-0.15, -0.1) is 0 Å². The Balaban J connectivity index is 0.000000708. The van der Waals surface area contributed by atoms with Gasteiger partial charge in [-0.25, -0.2) is 0 Å². The van der Waals surface area contributed by atoms with E-state index in [2.05, 4.69) is 61.9 Å². The van der Waals surface area contributed by atoms with E-state index in [9.17, 15) is 34.8 Å². The molecular formula is C27H33F6N2O4P. The zero-order chi connectivity index (χ0) is 30.4. The van der Waals surface area contributed by atoms with Crippen LogP contribution < -0.4 is 4.90 Å². The second-order valence-corrected chi connectivity index (χ2v) is 11.4. The third-order valence-corrected chi connectivity index (χ3v) is 5.88. The van der Waals surface area contributed by atoms with Gasteiger partial charge in [0.2, 0.25) is 5.69 Å². The maximum absolute atomic E-state index is 12.0. The quantitative estimate of drug-likeness (QED) is 0.129. The Morgan fingerprint density at radius 1 is 0.850 bits per heavy atom. The predicted molar refractivity (Wildman–Crippen MR) is 145 cm³/mol. The second-order valence-electron chi connectivity index (χ2n) is 9.44. The summed E-state index contributed by atoms with van der Waals surface area (Å²) in [5.41, 5.74) is 5.46. The van der Waals surface area contributed by atoms with E-state index in [-0.39, 0.29) is 30.4 Å². The molecule has 1 heterocycles. The number of anilines is 1. The van der Waals surface area contributed by atoms with Gasteiger partial charge >= 0.3 is 44.9 Å². The Labute approximate surface area is 229 Å². The number of esters is 2. The van der Waals surface area contributed by atoms with Crippen molar-refractivity contribution >= 4 is 42.9 Å². The molecule has 0 atom stereocenters. The van der Waals surface area contributed by atoms with Crippen LogP contribution in [0.5, 0.6) is 0 Å². The van der Waals surface area contributed by atoms with Crippen LogP contribution >= 0.6 is 7.81 Å². The molecule has 0 unspecified atom stereocenters. The molecule has 0 radical (unpaired) electrons. The summed E-state index contributed by atoms with van der Waals surface area (Å²) in [6.07, 6.45) is 4.24. The fourth-order valence-corrected chi connectivity index (χ4v) is 4.24. The molecule has 0 N–H and O–H groups in total. The molecule has 40 heavy (non-hydrogen) atoms. The van der Waals surface area contributed by atoms with Crippen LogP contribution in [-0.2, 0) is 24.5 Å². The van der Waals surface area contributed by atoms with Crippen molar-refractivity contribution < 1.29 is 48.8 Å². The molecule has 13 heteroatoms. The number of allylic oxidation sites excluding steroid dienone is 1. The molecule has 1 aliphatic rings. The van der Waals surface area contributed by atoms with Crippen LogP contribution in [0.3, 0.4) is 0 Å². The summed E-state index contributed by atoms with van der Waals surface area (Å²) in [6, 6.07) is 16.2. The molecule has 0 spiro atoms. The number of ether oxygens (including phenoxy) is 2. The molecule has 2 aromatic carbocycles. The number of benzene rings is 2. The average molecular weight is 595 g/mol. The molecule has 3 rings (SSSR count). The third kappa shape index (κ3) is 10.6. The van der Waals surface area contributed by atoms with E-state index >= 15 is 0 Å². The van der Waals surface area contributed by atoms with Gasteiger partial charge in [0.15, 0.2) is 5.71 Å². The van der Waals surface area contributed by atoms with Crippen molar-refractivity contribution in [1.29, 1.82) is 0 Å². The number of hydrogen-bond acceptors (Lipinski definition) is 5. The topological polar surface area (TPSA) is 58.9 Å². The first-order valence-corrected chi connectivity index (χ1v) is 14.4. The maximum atomic E-state index is 12.0. The van der Waals surface area contributed by atoms with Gasteiger partial charge in [0.25, 0.3) is 0 Å². The minimum absolute atomic E-state index is 0.0169. The predicted octanol–water partition coefficient (Wildman–Crippen LogP) is 7.72. The Hall–Kier alpha value is -3.40. The van der Waals surface area contributed by atoms with Crippen LogP contribution in [0.25, 0.3) is 6.08 Å². The van der Waals surface area contributed by atoms with E-state index in [0.29, 0.717) is 13.2 Å². The number of fused-ring (bicyclic) bond motifs is 1. The van der Waals surface area contributed by atoms with Crippen LogP contribution in [0, 0.1) is 0 Å². The van der Waals surface area contributed by atoms with Crippen LogP contribution in [-0.4, -0.2) is 55.6 Å². The van der Waals surface area contributed by atoms with Crippen molar-refractivity contribution in [3.8, 4) is 0 Å². The van der Waals surface area contributed by atoms with Crippen LogP contribution in [0.1, 0.15) is 38.8 Å². The second kappa shape index (κ2) is 11.6. The van der Waals surface area contributed by atoms with Crippen molar-refractivity contribution in [2.75, 3.05) is 38.3 Å². The number of nitrogens with zero attached hydrogens (tertiary/aromatic N) is 2. The summed E-state index contributed by atoms with van der Waals surface area (Å²) in [6.45, 7) is 8.55. The summed E-state index contributed by atoms with van der Waals surface area (Å²) < 4.78 is 71.6. The van der Waals surface area contributed by atoms with Gasteiger partial charge in [0.1, 0.15) is 20.1 Å². The first-order valence-electron chi connectivity index (χ1n) is 12.3. The van der Waals surface area contributed by atoms with E-state index in [1.54, 1.807) is 18.7 Å². The number of carbonyl (C=O) groups excluding carboxylic acids is 2. The van der Waals surface area contributed by atoms with Crippen LogP contribution in [0.2, 0.25) is 0 Å². The average Bonchev–Trinajstić information content (AvgIpc) is 3.01. The first-order chi connectivity index (χ1) is 18.2. The fourth-order valence-electron chi connectivity index (χ4n) is 4.24. The van der Waals surface area contributed by atoms with E-state index < -0.39 is 7.81 Å². The zero-order valence-corrected chi connectivity index (χ0v) is 23.7. The van der Waals surface area contributed by atoms with Crippen molar-refractivity contribution in [1.82, 2.24) is 0 Å². The van der Waals surface area contributed by atoms with Crippen molar-refractivity contribution in [2.24, 2.45) is 0 Å². The molecule has 0 aromatic heterocycles. The molecule has 0 aliphatic carbocycles. The summed E-state index contributed by atoms with van der Waals surface area (Å²) in [5.74, 6) is -0.763. The van der Waals surface area contributed by atoms with Crippen LogP contribution in [0.15, 0.2) is 54.6 Å². The van der Waals surface area contributed by atoms with Gasteiger partial charge in [-0.3, -0.25) is 9.59 Å². The fraction of sp³-hybridized carbons (Fsp3) is 0.370. The number of carbonyl (C=O) groups is 2. The number of hydrogen-bond donors (Lipinski definition) is 0. The molecule has 0 fully saturated rings. The Kier molecular flexibility index (Phi) is 9.52. The van der Waals surface area contributed by atoms with Gasteiger partial charge < -0.3 is 14.4 Å². The van der Waals surface area contributed by atoms with Crippen molar-refractivity contribution in [2.45, 2.75) is 33.1 Å². The van der Waals surface area contributed by atoms with Gasteiger partial charge in [-0.1, -0.05) is 30.3 Å². The van der Waals surface area contributed by atoms with Gasteiger partial charge in [0.05, 0.1) is 18.6 Å². The molecule has 0 saturated heterocycles. The Morgan fingerprint density at radius 3 is 1.77 bits per heavy atom. The van der Waals surface area contributed by atoms with E-state index in [4.69, 9.17) is 9.47 Å². The minimum atomic E-state index is -10.7. The number of halogens is 6. The SMILES string of the molecule is CCOC(=O)CN(CC(=O)OCC)c1ccc(/C=C/C2=[N+](C)c3ccccc3C2(C)C)cc1.F[P-](F)(F)(F)(F)F. The summed E-state index contributed by atoms with van der Waals surface area (Å²) in [7, 11) is -8.56. The normalized spacial score (nSPS) is 15.9. The van der Waals surface area contributed by atoms with Gasteiger partial charge in [-0.05, 0) is 51.5 Å².